The van der Waals surface area contributed by atoms with Crippen molar-refractivity contribution < 1.29 is 5.11 Å². The van der Waals surface area contributed by atoms with Crippen LogP contribution in [0.15, 0.2) is 12.3 Å². The van der Waals surface area contributed by atoms with Crippen LogP contribution in [-0.4, -0.2) is 24.5 Å². The summed E-state index contributed by atoms with van der Waals surface area (Å²) in [6.07, 6.45) is 7.07. The number of nitrogens with zero attached hydrogens (tertiary/aromatic N) is 4. The minimum absolute atomic E-state index is 0.532. The smallest absolute Gasteiger partial charge is 0.0972 e. The van der Waals surface area contributed by atoms with Crippen molar-refractivity contribution in [3.05, 3.63) is 28.5 Å². The predicted molar refractivity (Wildman–Crippen MR) is 73.0 cm³/mol. The summed E-state index contributed by atoms with van der Waals surface area (Å²) in [6.45, 7) is 1.87. The summed E-state index contributed by atoms with van der Waals surface area (Å²) in [6, 6.07) is 2.56. The van der Waals surface area contributed by atoms with Crippen molar-refractivity contribution in [2.24, 2.45) is 0 Å². The van der Waals surface area contributed by atoms with Gasteiger partial charge in [0.15, 0.2) is 0 Å². The van der Waals surface area contributed by atoms with Crippen molar-refractivity contribution in [1.82, 2.24) is 19.4 Å². The lowest BCUT2D eigenvalue weighted by molar-refractivity contribution is 0.179. The molecule has 1 aliphatic rings. The average molecular weight is 278 g/mol. The predicted octanol–water partition coefficient (Wildman–Crippen LogP) is 2.43. The second-order valence-corrected chi connectivity index (χ2v) is 5.95. The third-order valence-corrected chi connectivity index (χ3v) is 4.68. The van der Waals surface area contributed by atoms with Crippen molar-refractivity contribution in [2.75, 3.05) is 0 Å². The normalized spacial score (nSPS) is 18.0. The van der Waals surface area contributed by atoms with Gasteiger partial charge in [0, 0.05) is 12.6 Å². The van der Waals surface area contributed by atoms with Crippen LogP contribution in [0, 0.1) is 6.92 Å². The van der Waals surface area contributed by atoms with E-state index in [0.717, 1.165) is 16.3 Å². The highest BCUT2D eigenvalue weighted by atomic mass is 32.1. The van der Waals surface area contributed by atoms with E-state index >= 15 is 0 Å². The molecule has 1 unspecified atom stereocenters. The molecule has 6 heteroatoms. The molecular formula is C13H18N4OS. The third-order valence-electron chi connectivity index (χ3n) is 3.75. The average Bonchev–Trinajstić information content (AvgIpc) is 3.07. The maximum atomic E-state index is 10.2. The van der Waals surface area contributed by atoms with Gasteiger partial charge in [-0.25, -0.2) is 0 Å². The molecule has 3 rings (SSSR count). The molecule has 2 aromatic rings. The van der Waals surface area contributed by atoms with E-state index in [1.807, 2.05) is 19.2 Å². The van der Waals surface area contributed by atoms with Gasteiger partial charge < -0.3 is 5.11 Å². The van der Waals surface area contributed by atoms with Gasteiger partial charge in [0.25, 0.3) is 0 Å². The van der Waals surface area contributed by atoms with Gasteiger partial charge in [0.05, 0.1) is 28.4 Å². The van der Waals surface area contributed by atoms with Crippen LogP contribution in [0.2, 0.25) is 0 Å². The Kier molecular flexibility index (Phi) is 3.61. The largest absolute Gasteiger partial charge is 0.387 e. The standard InChI is InChI=1S/C13H18N4OS/c1-9-13(19-16-14-9)12(18)8-10-6-7-17(15-10)11-4-2-3-5-11/h6-7,11-12,18H,2-5,8H2,1H3. The minimum Gasteiger partial charge on any atom is -0.387 e. The summed E-state index contributed by atoms with van der Waals surface area (Å²) < 4.78 is 5.92. The highest BCUT2D eigenvalue weighted by Gasteiger charge is 2.19. The van der Waals surface area contributed by atoms with Crippen LogP contribution in [0.5, 0.6) is 0 Å². The SMILES string of the molecule is Cc1nnsc1C(O)Cc1ccn(C2CCCC2)n1. The summed E-state index contributed by atoms with van der Waals surface area (Å²) in [7, 11) is 0. The highest BCUT2D eigenvalue weighted by Crippen LogP contribution is 2.29. The summed E-state index contributed by atoms with van der Waals surface area (Å²) in [5.74, 6) is 0. The maximum Gasteiger partial charge on any atom is 0.0972 e. The Morgan fingerprint density at radius 1 is 1.47 bits per heavy atom. The molecule has 0 amide bonds. The number of rotatable bonds is 4. The van der Waals surface area contributed by atoms with Gasteiger partial charge in [-0.3, -0.25) is 4.68 Å². The van der Waals surface area contributed by atoms with Crippen molar-refractivity contribution in [1.29, 1.82) is 0 Å². The minimum atomic E-state index is -0.549. The lowest BCUT2D eigenvalue weighted by Crippen LogP contribution is -2.07. The number of hydrogen-bond acceptors (Lipinski definition) is 5. The molecule has 1 atom stereocenters. The molecule has 1 saturated carbocycles. The summed E-state index contributed by atoms with van der Waals surface area (Å²) in [5, 5.41) is 18.7. The van der Waals surface area contributed by atoms with Gasteiger partial charge >= 0.3 is 0 Å². The molecule has 19 heavy (non-hydrogen) atoms. The first-order valence-corrected chi connectivity index (χ1v) is 7.52. The van der Waals surface area contributed by atoms with Gasteiger partial charge in [-0.1, -0.05) is 17.3 Å². The van der Waals surface area contributed by atoms with Crippen LogP contribution < -0.4 is 0 Å². The van der Waals surface area contributed by atoms with Crippen LogP contribution in [0.4, 0.5) is 0 Å². The van der Waals surface area contributed by atoms with E-state index in [1.54, 1.807) is 0 Å². The Morgan fingerprint density at radius 3 is 2.95 bits per heavy atom. The zero-order valence-electron chi connectivity index (χ0n) is 11.0. The number of aliphatic hydroxyl groups excluding tert-OH is 1. The van der Waals surface area contributed by atoms with E-state index in [9.17, 15) is 5.11 Å². The topological polar surface area (TPSA) is 63.8 Å². The Bertz CT molecular complexity index is 544. The van der Waals surface area contributed by atoms with Gasteiger partial charge in [-0.2, -0.15) is 5.10 Å². The number of aromatic nitrogens is 4. The van der Waals surface area contributed by atoms with Gasteiger partial charge in [-0.05, 0) is 37.4 Å². The van der Waals surface area contributed by atoms with E-state index in [2.05, 4.69) is 19.4 Å². The first kappa shape index (κ1) is 12.7. The maximum absolute atomic E-state index is 10.2. The van der Waals surface area contributed by atoms with E-state index in [4.69, 9.17) is 0 Å². The van der Waals surface area contributed by atoms with Crippen LogP contribution >= 0.6 is 11.5 Å². The molecule has 2 aromatic heterocycles. The molecule has 0 spiro atoms. The molecule has 0 radical (unpaired) electrons. The molecule has 2 heterocycles. The Labute approximate surface area is 116 Å². The molecule has 0 saturated heterocycles. The lowest BCUT2D eigenvalue weighted by Gasteiger charge is -2.09. The molecule has 1 N–H and O–H groups in total. The summed E-state index contributed by atoms with van der Waals surface area (Å²) in [5.41, 5.74) is 1.75. The summed E-state index contributed by atoms with van der Waals surface area (Å²) in [4.78, 5) is 0.843. The monoisotopic (exact) mass is 278 g/mol. The van der Waals surface area contributed by atoms with E-state index in [0.29, 0.717) is 12.5 Å². The molecule has 0 bridgehead atoms. The molecular weight excluding hydrogens is 260 g/mol. The first-order valence-electron chi connectivity index (χ1n) is 6.75. The zero-order chi connectivity index (χ0) is 13.2. The highest BCUT2D eigenvalue weighted by molar-refractivity contribution is 7.05. The molecule has 102 valence electrons. The van der Waals surface area contributed by atoms with E-state index in [-0.39, 0.29) is 0 Å². The van der Waals surface area contributed by atoms with Crippen molar-refractivity contribution in [3.8, 4) is 0 Å². The van der Waals surface area contributed by atoms with Crippen LogP contribution in [0.1, 0.15) is 54.1 Å². The second-order valence-electron chi connectivity index (χ2n) is 5.17. The fourth-order valence-corrected chi connectivity index (χ4v) is 3.32. The van der Waals surface area contributed by atoms with E-state index < -0.39 is 6.10 Å². The van der Waals surface area contributed by atoms with Crippen molar-refractivity contribution >= 4 is 11.5 Å². The fourth-order valence-electron chi connectivity index (χ4n) is 2.69. The Morgan fingerprint density at radius 2 is 2.26 bits per heavy atom. The van der Waals surface area contributed by atoms with Gasteiger partial charge in [0.1, 0.15) is 0 Å². The van der Waals surface area contributed by atoms with Crippen LogP contribution in [0.3, 0.4) is 0 Å². The molecule has 1 fully saturated rings. The molecule has 1 aliphatic carbocycles. The fraction of sp³-hybridized carbons (Fsp3) is 0.615. The molecule has 0 aliphatic heterocycles. The van der Waals surface area contributed by atoms with Gasteiger partial charge in [0.2, 0.25) is 0 Å². The number of aliphatic hydroxyl groups is 1. The first-order chi connectivity index (χ1) is 9.24. The van der Waals surface area contributed by atoms with Gasteiger partial charge in [-0.15, -0.1) is 5.10 Å². The van der Waals surface area contributed by atoms with Crippen molar-refractivity contribution in [2.45, 2.75) is 51.2 Å². The summed E-state index contributed by atoms with van der Waals surface area (Å²) >= 11 is 1.26. The Balaban J connectivity index is 1.68. The molecule has 5 nitrogen and oxygen atoms in total. The lowest BCUT2D eigenvalue weighted by atomic mass is 10.1. The third kappa shape index (κ3) is 2.69. The van der Waals surface area contributed by atoms with Crippen LogP contribution in [-0.2, 0) is 6.42 Å². The quantitative estimate of drug-likeness (QED) is 0.933. The van der Waals surface area contributed by atoms with Crippen LogP contribution in [0.25, 0.3) is 0 Å². The van der Waals surface area contributed by atoms with Crippen molar-refractivity contribution in [3.63, 3.8) is 0 Å². The molecule has 0 aromatic carbocycles. The zero-order valence-corrected chi connectivity index (χ0v) is 11.8. The second kappa shape index (κ2) is 5.38. The number of aryl methyl sites for hydroxylation is 1. The number of hydrogen-bond donors (Lipinski definition) is 1. The van der Waals surface area contributed by atoms with E-state index in [1.165, 1.54) is 37.2 Å². The Hall–Kier alpha value is -1.27.